The Kier molecular flexibility index (Phi) is 5.43. The first-order valence-corrected chi connectivity index (χ1v) is 15.8. The lowest BCUT2D eigenvalue weighted by molar-refractivity contribution is 0.264. The van der Waals surface area contributed by atoms with Crippen molar-refractivity contribution in [3.8, 4) is 44.8 Å². The molecule has 3 fully saturated rings. The molecule has 1 spiro atoms. The number of nitrogens with zero attached hydrogens (tertiary/aromatic N) is 3. The fourth-order valence-corrected chi connectivity index (χ4v) is 8.76. The molecule has 3 aromatic carbocycles. The first-order valence-electron chi connectivity index (χ1n) is 15.8. The van der Waals surface area contributed by atoms with Gasteiger partial charge in [0.25, 0.3) is 0 Å². The van der Waals surface area contributed by atoms with E-state index in [-0.39, 0.29) is 0 Å². The topological polar surface area (TPSA) is 60.6 Å². The van der Waals surface area contributed by atoms with Crippen LogP contribution in [0.1, 0.15) is 67.9 Å². The summed E-state index contributed by atoms with van der Waals surface area (Å²) < 4.78 is 0. The molecule has 5 aromatic rings. The van der Waals surface area contributed by atoms with Crippen LogP contribution < -0.4 is 0 Å². The van der Waals surface area contributed by atoms with Gasteiger partial charge in [-0.2, -0.15) is 0 Å². The molecule has 5 heteroatoms. The summed E-state index contributed by atoms with van der Waals surface area (Å²) in [6.07, 6.45) is 16.1. The average molecular weight is 552 g/mol. The molecule has 5 nitrogen and oxygen atoms in total. The molecule has 4 aliphatic rings. The summed E-state index contributed by atoms with van der Waals surface area (Å²) in [4.78, 5) is 18.4. The van der Waals surface area contributed by atoms with Crippen molar-refractivity contribution in [1.29, 1.82) is 0 Å². The van der Waals surface area contributed by atoms with Crippen LogP contribution in [-0.2, 0) is 11.8 Å². The number of H-pyrrole nitrogens is 2. The van der Waals surface area contributed by atoms with Crippen molar-refractivity contribution in [1.82, 2.24) is 24.8 Å². The van der Waals surface area contributed by atoms with Crippen molar-refractivity contribution in [3.63, 3.8) is 0 Å². The number of rotatable bonds is 5. The number of nitrogens with one attached hydrogen (secondary N) is 2. The lowest BCUT2D eigenvalue weighted by Crippen LogP contribution is -2.22. The van der Waals surface area contributed by atoms with Gasteiger partial charge in [0.1, 0.15) is 5.82 Å². The van der Waals surface area contributed by atoms with Gasteiger partial charge in [0.15, 0.2) is 0 Å². The summed E-state index contributed by atoms with van der Waals surface area (Å²) in [5.74, 6) is 2.00. The Morgan fingerprint density at radius 2 is 1.45 bits per heavy atom. The molecule has 9 rings (SSSR count). The number of fused-ring (bicyclic) bond motifs is 3. The van der Waals surface area contributed by atoms with E-state index in [2.05, 4.69) is 87.6 Å². The van der Waals surface area contributed by atoms with Gasteiger partial charge in [0, 0.05) is 6.04 Å². The Labute approximate surface area is 247 Å². The molecule has 210 valence electrons. The van der Waals surface area contributed by atoms with E-state index in [1.807, 2.05) is 12.4 Å². The number of likely N-dealkylation sites (tertiary alicyclic amines) is 1. The Hall–Kier alpha value is -3.96. The van der Waals surface area contributed by atoms with Crippen molar-refractivity contribution in [2.45, 2.75) is 68.9 Å². The predicted molar refractivity (Wildman–Crippen MR) is 168 cm³/mol. The lowest BCUT2D eigenvalue weighted by atomic mass is 9.76. The second-order valence-corrected chi connectivity index (χ2v) is 13.3. The van der Waals surface area contributed by atoms with Crippen LogP contribution in [0.25, 0.3) is 44.8 Å². The summed E-state index contributed by atoms with van der Waals surface area (Å²) >= 11 is 0. The summed E-state index contributed by atoms with van der Waals surface area (Å²) in [7, 11) is 2.26. The van der Waals surface area contributed by atoms with Crippen molar-refractivity contribution < 1.29 is 0 Å². The Morgan fingerprint density at radius 1 is 0.762 bits per heavy atom. The van der Waals surface area contributed by atoms with E-state index >= 15 is 0 Å². The third kappa shape index (κ3) is 3.79. The SMILES string of the molecule is CN1C(c2ncc(-c3ccc(-c4ccc(-c5ccc(-c6cnc[nH]6)cc5)c5c4CCC54CCCC4)cc3)[nH]2)CC2CC21. The van der Waals surface area contributed by atoms with Crippen LogP contribution in [0.5, 0.6) is 0 Å². The highest BCUT2D eigenvalue weighted by Crippen LogP contribution is 2.55. The van der Waals surface area contributed by atoms with E-state index in [4.69, 9.17) is 4.98 Å². The van der Waals surface area contributed by atoms with Crippen LogP contribution in [0.4, 0.5) is 0 Å². The van der Waals surface area contributed by atoms with Gasteiger partial charge in [-0.15, -0.1) is 0 Å². The van der Waals surface area contributed by atoms with Gasteiger partial charge in [0.2, 0.25) is 0 Å². The van der Waals surface area contributed by atoms with E-state index in [1.54, 1.807) is 17.5 Å². The normalized spacial score (nSPS) is 23.9. The molecule has 0 radical (unpaired) electrons. The molecule has 3 atom stereocenters. The second-order valence-electron chi connectivity index (χ2n) is 13.3. The number of hydrogen-bond donors (Lipinski definition) is 2. The molecule has 3 aliphatic carbocycles. The highest BCUT2D eigenvalue weighted by atomic mass is 15.3. The van der Waals surface area contributed by atoms with Crippen molar-refractivity contribution in [3.05, 3.63) is 96.3 Å². The summed E-state index contributed by atoms with van der Waals surface area (Å²) in [5.41, 5.74) is 13.6. The van der Waals surface area contributed by atoms with E-state index in [0.717, 1.165) is 29.2 Å². The molecule has 1 aliphatic heterocycles. The van der Waals surface area contributed by atoms with Gasteiger partial charge in [-0.05, 0) is 101 Å². The summed E-state index contributed by atoms with van der Waals surface area (Å²) in [6, 6.07) is 24.2. The molecule has 2 aromatic heterocycles. The molecular formula is C37H37N5. The highest BCUT2D eigenvalue weighted by Gasteiger charge is 2.51. The van der Waals surface area contributed by atoms with Crippen molar-refractivity contribution in [2.75, 3.05) is 7.05 Å². The van der Waals surface area contributed by atoms with Gasteiger partial charge in [0.05, 0.1) is 36.2 Å². The Bertz CT molecular complexity index is 1760. The smallest absolute Gasteiger partial charge is 0.123 e. The van der Waals surface area contributed by atoms with Crippen LogP contribution in [0, 0.1) is 5.92 Å². The minimum absolute atomic E-state index is 0.336. The van der Waals surface area contributed by atoms with E-state index in [0.29, 0.717) is 11.5 Å². The number of piperidine rings is 1. The van der Waals surface area contributed by atoms with Crippen LogP contribution in [0.2, 0.25) is 0 Å². The zero-order valence-electron chi connectivity index (χ0n) is 24.2. The van der Waals surface area contributed by atoms with Gasteiger partial charge in [-0.3, -0.25) is 4.90 Å². The van der Waals surface area contributed by atoms with Crippen LogP contribution >= 0.6 is 0 Å². The summed E-state index contributed by atoms with van der Waals surface area (Å²) in [6.45, 7) is 0. The molecule has 42 heavy (non-hydrogen) atoms. The van der Waals surface area contributed by atoms with Gasteiger partial charge in [-0.25, -0.2) is 9.97 Å². The predicted octanol–water partition coefficient (Wildman–Crippen LogP) is 8.32. The highest BCUT2D eigenvalue weighted by molar-refractivity contribution is 5.81. The molecule has 0 bridgehead atoms. The van der Waals surface area contributed by atoms with E-state index in [9.17, 15) is 0 Å². The first-order chi connectivity index (χ1) is 20.7. The quantitative estimate of drug-likeness (QED) is 0.231. The Balaban J connectivity index is 1.05. The maximum absolute atomic E-state index is 4.80. The lowest BCUT2D eigenvalue weighted by Gasteiger charge is -2.28. The van der Waals surface area contributed by atoms with Crippen LogP contribution in [0.15, 0.2) is 79.4 Å². The zero-order chi connectivity index (χ0) is 27.8. The van der Waals surface area contributed by atoms with Crippen molar-refractivity contribution in [2.24, 2.45) is 5.92 Å². The second kappa shape index (κ2) is 9.27. The van der Waals surface area contributed by atoms with Gasteiger partial charge >= 0.3 is 0 Å². The molecular weight excluding hydrogens is 514 g/mol. The zero-order valence-corrected chi connectivity index (χ0v) is 24.2. The monoisotopic (exact) mass is 551 g/mol. The van der Waals surface area contributed by atoms with Gasteiger partial charge in [-0.1, -0.05) is 73.5 Å². The third-order valence-corrected chi connectivity index (χ3v) is 11.1. The van der Waals surface area contributed by atoms with Crippen molar-refractivity contribution >= 4 is 0 Å². The van der Waals surface area contributed by atoms with Crippen LogP contribution in [0.3, 0.4) is 0 Å². The molecule has 3 heterocycles. The molecule has 3 unspecified atom stereocenters. The van der Waals surface area contributed by atoms with E-state index in [1.165, 1.54) is 84.7 Å². The number of aromatic amines is 2. The minimum Gasteiger partial charge on any atom is -0.345 e. The van der Waals surface area contributed by atoms with Gasteiger partial charge < -0.3 is 9.97 Å². The number of aromatic nitrogens is 4. The maximum Gasteiger partial charge on any atom is 0.123 e. The number of imidazole rings is 2. The first kappa shape index (κ1) is 24.6. The standard InChI is InChI=1S/C37H37N5/c1-42-33-18-27(33)19-34(42)36-39-21-32(41-36)26-10-4-23(5-11-26)28-12-13-29(35-30(28)14-17-37(35)15-2-3-16-37)24-6-8-25(9-7-24)31-20-38-22-40-31/h4-13,20-22,27,33-34H,2-3,14-19H2,1H3,(H,38,40)(H,39,41). The molecule has 2 saturated carbocycles. The minimum atomic E-state index is 0.336. The number of hydrogen-bond acceptors (Lipinski definition) is 3. The average Bonchev–Trinajstić information content (AvgIpc) is 3.67. The number of benzene rings is 3. The summed E-state index contributed by atoms with van der Waals surface area (Å²) in [5, 5.41) is 0. The Morgan fingerprint density at radius 3 is 2.14 bits per heavy atom. The molecule has 0 amide bonds. The van der Waals surface area contributed by atoms with Crippen LogP contribution in [-0.4, -0.2) is 37.9 Å². The molecule has 2 N–H and O–H groups in total. The molecule has 1 saturated heterocycles. The fourth-order valence-electron chi connectivity index (χ4n) is 8.76. The third-order valence-electron chi connectivity index (χ3n) is 11.1. The fraction of sp³-hybridized carbons (Fsp3) is 0.351. The van der Waals surface area contributed by atoms with E-state index < -0.39 is 0 Å². The maximum atomic E-state index is 4.80. The largest absolute Gasteiger partial charge is 0.345 e.